The van der Waals surface area contributed by atoms with E-state index in [4.69, 9.17) is 0 Å². The molecule has 0 spiro atoms. The van der Waals surface area contributed by atoms with Crippen molar-refractivity contribution in [2.24, 2.45) is 17.8 Å². The predicted octanol–water partition coefficient (Wildman–Crippen LogP) is 1.98. The van der Waals surface area contributed by atoms with Gasteiger partial charge in [0.2, 0.25) is 5.91 Å². The molecule has 0 radical (unpaired) electrons. The lowest BCUT2D eigenvalue weighted by Crippen LogP contribution is -2.41. The predicted molar refractivity (Wildman–Crippen MR) is 67.3 cm³/mol. The summed E-state index contributed by atoms with van der Waals surface area (Å²) in [4.78, 5) is 14.5. The molecule has 3 heteroatoms. The molecule has 2 aliphatic carbocycles. The van der Waals surface area contributed by atoms with Crippen LogP contribution in [-0.2, 0) is 4.79 Å². The number of nitrogens with zero attached hydrogens (tertiary/aromatic N) is 1. The summed E-state index contributed by atoms with van der Waals surface area (Å²) < 4.78 is 0. The Morgan fingerprint density at radius 1 is 1.35 bits per heavy atom. The number of rotatable bonds is 3. The maximum Gasteiger partial charge on any atom is 0.241 e. The quantitative estimate of drug-likeness (QED) is 0.812. The SMILES string of the molecule is CC(C)CC1NCN(C2CC3CCC2C3)C1=O. The summed E-state index contributed by atoms with van der Waals surface area (Å²) >= 11 is 0. The van der Waals surface area contributed by atoms with Gasteiger partial charge in [0.15, 0.2) is 0 Å². The molecule has 1 N–H and O–H groups in total. The number of nitrogens with one attached hydrogen (secondary N) is 1. The topological polar surface area (TPSA) is 32.3 Å². The summed E-state index contributed by atoms with van der Waals surface area (Å²) in [5, 5.41) is 3.40. The molecule has 3 nitrogen and oxygen atoms in total. The van der Waals surface area contributed by atoms with Gasteiger partial charge < -0.3 is 4.90 Å². The number of hydrogen-bond acceptors (Lipinski definition) is 2. The monoisotopic (exact) mass is 236 g/mol. The fraction of sp³-hybridized carbons (Fsp3) is 0.929. The van der Waals surface area contributed by atoms with Crippen molar-refractivity contribution in [2.45, 2.75) is 58.0 Å². The molecule has 96 valence electrons. The molecule has 1 aliphatic heterocycles. The summed E-state index contributed by atoms with van der Waals surface area (Å²) in [6.07, 6.45) is 6.39. The highest BCUT2D eigenvalue weighted by atomic mass is 16.2. The molecule has 3 aliphatic rings. The molecule has 3 fully saturated rings. The Morgan fingerprint density at radius 2 is 2.18 bits per heavy atom. The largest absolute Gasteiger partial charge is 0.325 e. The fourth-order valence-corrected chi connectivity index (χ4v) is 4.10. The van der Waals surface area contributed by atoms with E-state index in [0.717, 1.165) is 24.9 Å². The first-order valence-electron chi connectivity index (χ1n) is 7.19. The lowest BCUT2D eigenvalue weighted by molar-refractivity contribution is -0.132. The van der Waals surface area contributed by atoms with Crippen LogP contribution in [0.4, 0.5) is 0 Å². The molecule has 0 aromatic rings. The minimum Gasteiger partial charge on any atom is -0.325 e. The van der Waals surface area contributed by atoms with Crippen molar-refractivity contribution < 1.29 is 4.79 Å². The van der Waals surface area contributed by atoms with E-state index < -0.39 is 0 Å². The second-order valence-electron chi connectivity index (χ2n) is 6.59. The number of hydrogen-bond donors (Lipinski definition) is 1. The van der Waals surface area contributed by atoms with Crippen LogP contribution in [0.3, 0.4) is 0 Å². The summed E-state index contributed by atoms with van der Waals surface area (Å²) in [7, 11) is 0. The molecule has 3 rings (SSSR count). The summed E-state index contributed by atoms with van der Waals surface area (Å²) in [5.74, 6) is 2.69. The smallest absolute Gasteiger partial charge is 0.241 e. The zero-order valence-corrected chi connectivity index (χ0v) is 11.0. The Bertz CT molecular complexity index is 315. The van der Waals surface area contributed by atoms with Gasteiger partial charge in [0.05, 0.1) is 12.7 Å². The second kappa shape index (κ2) is 4.27. The van der Waals surface area contributed by atoms with Gasteiger partial charge in [-0.3, -0.25) is 10.1 Å². The molecule has 4 atom stereocenters. The van der Waals surface area contributed by atoms with Gasteiger partial charge >= 0.3 is 0 Å². The first kappa shape index (κ1) is 11.5. The number of amides is 1. The van der Waals surface area contributed by atoms with Gasteiger partial charge in [-0.1, -0.05) is 20.3 Å². The van der Waals surface area contributed by atoms with Crippen molar-refractivity contribution in [3.63, 3.8) is 0 Å². The van der Waals surface area contributed by atoms with Gasteiger partial charge in [-0.15, -0.1) is 0 Å². The van der Waals surface area contributed by atoms with E-state index in [0.29, 0.717) is 17.9 Å². The molecule has 0 aromatic heterocycles. The minimum atomic E-state index is 0.0918. The third-order valence-electron chi connectivity index (χ3n) is 4.90. The Kier molecular flexibility index (Phi) is 2.89. The van der Waals surface area contributed by atoms with Crippen molar-refractivity contribution in [3.8, 4) is 0 Å². The highest BCUT2D eigenvalue weighted by Crippen LogP contribution is 2.47. The fourth-order valence-electron chi connectivity index (χ4n) is 4.10. The Hall–Kier alpha value is -0.570. The Morgan fingerprint density at radius 3 is 2.76 bits per heavy atom. The first-order chi connectivity index (χ1) is 8.15. The third-order valence-corrected chi connectivity index (χ3v) is 4.90. The molecule has 2 saturated carbocycles. The van der Waals surface area contributed by atoms with Gasteiger partial charge in [0.25, 0.3) is 0 Å². The van der Waals surface area contributed by atoms with Crippen LogP contribution in [0.25, 0.3) is 0 Å². The Balaban J connectivity index is 1.64. The molecule has 2 bridgehead atoms. The highest BCUT2D eigenvalue weighted by Gasteiger charge is 2.46. The van der Waals surface area contributed by atoms with Crippen LogP contribution in [0.15, 0.2) is 0 Å². The average Bonchev–Trinajstić information content (AvgIpc) is 2.94. The van der Waals surface area contributed by atoms with E-state index in [2.05, 4.69) is 24.1 Å². The van der Waals surface area contributed by atoms with E-state index in [1.807, 2.05) is 0 Å². The summed E-state index contributed by atoms with van der Waals surface area (Å²) in [6.45, 7) is 5.18. The molecule has 1 saturated heterocycles. The molecular weight excluding hydrogens is 212 g/mol. The van der Waals surface area contributed by atoms with Crippen LogP contribution in [-0.4, -0.2) is 29.6 Å². The highest BCUT2D eigenvalue weighted by molar-refractivity contribution is 5.84. The minimum absolute atomic E-state index is 0.0918. The van der Waals surface area contributed by atoms with Crippen LogP contribution in [0.1, 0.15) is 46.0 Å². The zero-order chi connectivity index (χ0) is 12.0. The van der Waals surface area contributed by atoms with Gasteiger partial charge in [-0.25, -0.2) is 0 Å². The van der Waals surface area contributed by atoms with Crippen molar-refractivity contribution in [1.29, 1.82) is 0 Å². The summed E-state index contributed by atoms with van der Waals surface area (Å²) in [6, 6.07) is 0.653. The summed E-state index contributed by atoms with van der Waals surface area (Å²) in [5.41, 5.74) is 0. The van der Waals surface area contributed by atoms with E-state index in [9.17, 15) is 4.79 Å². The second-order valence-corrected chi connectivity index (χ2v) is 6.59. The molecule has 1 amide bonds. The van der Waals surface area contributed by atoms with Gasteiger partial charge in [0.1, 0.15) is 0 Å². The maximum atomic E-state index is 12.4. The lowest BCUT2D eigenvalue weighted by Gasteiger charge is -2.31. The van der Waals surface area contributed by atoms with E-state index in [-0.39, 0.29) is 6.04 Å². The standard InChI is InChI=1S/C14H24N2O/c1-9(2)5-12-14(17)16(8-15-12)13-7-10-3-4-11(13)6-10/h9-13,15H,3-8H2,1-2H3. The zero-order valence-electron chi connectivity index (χ0n) is 11.0. The third kappa shape index (κ3) is 1.99. The van der Waals surface area contributed by atoms with Crippen molar-refractivity contribution in [2.75, 3.05) is 6.67 Å². The van der Waals surface area contributed by atoms with Gasteiger partial charge in [-0.2, -0.15) is 0 Å². The number of carbonyl (C=O) groups excluding carboxylic acids is 1. The maximum absolute atomic E-state index is 12.4. The molecule has 17 heavy (non-hydrogen) atoms. The van der Waals surface area contributed by atoms with Crippen molar-refractivity contribution in [3.05, 3.63) is 0 Å². The van der Waals surface area contributed by atoms with Crippen molar-refractivity contribution >= 4 is 5.91 Å². The van der Waals surface area contributed by atoms with Gasteiger partial charge in [0, 0.05) is 6.04 Å². The number of carbonyl (C=O) groups is 1. The van der Waals surface area contributed by atoms with Crippen LogP contribution in [0, 0.1) is 17.8 Å². The molecule has 0 aromatic carbocycles. The van der Waals surface area contributed by atoms with E-state index in [1.165, 1.54) is 25.7 Å². The normalized spacial score (nSPS) is 40.9. The molecular formula is C14H24N2O. The first-order valence-corrected chi connectivity index (χ1v) is 7.19. The van der Waals surface area contributed by atoms with Crippen LogP contribution < -0.4 is 5.32 Å². The molecule has 1 heterocycles. The Labute approximate surface area is 104 Å². The molecule has 4 unspecified atom stereocenters. The van der Waals surface area contributed by atoms with Crippen LogP contribution >= 0.6 is 0 Å². The lowest BCUT2D eigenvalue weighted by atomic mass is 9.94. The van der Waals surface area contributed by atoms with Gasteiger partial charge in [-0.05, 0) is 43.4 Å². The van der Waals surface area contributed by atoms with E-state index in [1.54, 1.807) is 0 Å². The van der Waals surface area contributed by atoms with E-state index >= 15 is 0 Å². The van der Waals surface area contributed by atoms with Crippen molar-refractivity contribution in [1.82, 2.24) is 10.2 Å². The average molecular weight is 236 g/mol. The van der Waals surface area contributed by atoms with Crippen LogP contribution in [0.2, 0.25) is 0 Å². The number of fused-ring (bicyclic) bond motifs is 2. The van der Waals surface area contributed by atoms with Crippen LogP contribution in [0.5, 0.6) is 0 Å².